The molecule has 2 aromatic heterocycles. The topological polar surface area (TPSA) is 221 Å². The highest BCUT2D eigenvalue weighted by molar-refractivity contribution is 7.71. The van der Waals surface area contributed by atoms with Crippen LogP contribution in [-0.4, -0.2) is 95.9 Å². The lowest BCUT2D eigenvalue weighted by Crippen LogP contribution is -2.42. The van der Waals surface area contributed by atoms with Crippen molar-refractivity contribution in [1.29, 1.82) is 0 Å². The number of hydrogen-bond donors (Lipinski definition) is 8. The van der Waals surface area contributed by atoms with Gasteiger partial charge in [-0.15, -0.1) is 0 Å². The Hall–Kier alpha value is -3.57. The molecule has 3 rings (SSSR count). The van der Waals surface area contributed by atoms with E-state index in [1.807, 2.05) is 0 Å². The molecule has 5 atom stereocenters. The van der Waals surface area contributed by atoms with Gasteiger partial charge in [0.25, 0.3) is 0 Å². The highest BCUT2D eigenvalue weighted by atomic mass is 32.1. The van der Waals surface area contributed by atoms with Gasteiger partial charge in [-0.05, 0) is 11.8 Å². The van der Waals surface area contributed by atoms with Crippen molar-refractivity contribution in [3.8, 4) is 23.7 Å². The summed E-state index contributed by atoms with van der Waals surface area (Å²) in [6, 6.07) is -1.15. The Morgan fingerprint density at radius 3 is 2.66 bits per heavy atom. The van der Waals surface area contributed by atoms with Crippen molar-refractivity contribution in [1.82, 2.24) is 24.8 Å². The van der Waals surface area contributed by atoms with E-state index < -0.39 is 55.5 Å². The number of anilines is 1. The minimum Gasteiger partial charge on any atom is -0.481 e. The predicted octanol–water partition coefficient (Wildman–Crippen LogP) is -2.56. The summed E-state index contributed by atoms with van der Waals surface area (Å²) < 4.78 is 7.17. The largest absolute Gasteiger partial charge is 0.481 e. The van der Waals surface area contributed by atoms with Gasteiger partial charge in [-0.2, -0.15) is 0 Å². The number of carbonyl (C=O) groups is 2. The van der Waals surface area contributed by atoms with Crippen molar-refractivity contribution in [3.63, 3.8) is 0 Å². The average Bonchev–Trinajstić information content (AvgIpc) is 3.36. The minimum absolute atomic E-state index is 0.0372. The number of fused-ring (bicyclic) bond motifs is 1. The van der Waals surface area contributed by atoms with Gasteiger partial charge in [0.1, 0.15) is 29.5 Å². The third kappa shape index (κ3) is 6.31. The van der Waals surface area contributed by atoms with E-state index in [1.54, 1.807) is 0 Å². The van der Waals surface area contributed by atoms with Crippen LogP contribution in [0.4, 0.5) is 5.95 Å². The van der Waals surface area contributed by atoms with Gasteiger partial charge < -0.3 is 46.5 Å². The van der Waals surface area contributed by atoms with Crippen LogP contribution in [0.2, 0.25) is 0 Å². The van der Waals surface area contributed by atoms with Crippen molar-refractivity contribution in [2.75, 3.05) is 25.0 Å². The van der Waals surface area contributed by atoms with Gasteiger partial charge >= 0.3 is 5.97 Å². The molecule has 35 heavy (non-hydrogen) atoms. The number of amides is 1. The van der Waals surface area contributed by atoms with Crippen LogP contribution in [0.3, 0.4) is 0 Å². The van der Waals surface area contributed by atoms with Crippen LogP contribution < -0.4 is 16.4 Å². The molecule has 1 amide bonds. The van der Waals surface area contributed by atoms with E-state index in [1.165, 1.54) is 10.9 Å². The summed E-state index contributed by atoms with van der Waals surface area (Å²) in [5.74, 6) is 8.91. The zero-order chi connectivity index (χ0) is 25.5. The first kappa shape index (κ1) is 26.0. The monoisotopic (exact) mass is 505 g/mol. The number of nitrogens with two attached hydrogens (primary N) is 1. The fraction of sp³-hybridized carbons (Fsp3) is 0.450. The van der Waals surface area contributed by atoms with Gasteiger partial charge in [0.05, 0.1) is 38.5 Å². The van der Waals surface area contributed by atoms with Crippen molar-refractivity contribution in [2.24, 2.45) is 5.73 Å². The van der Waals surface area contributed by atoms with Crippen LogP contribution in [0, 0.1) is 28.3 Å². The second-order valence-electron chi connectivity index (χ2n) is 7.35. The smallest absolute Gasteiger partial charge is 0.305 e. The molecule has 0 aliphatic carbocycles. The first-order chi connectivity index (χ1) is 16.7. The number of aromatic nitrogens is 4. The number of ether oxygens (including phenoxy) is 1. The van der Waals surface area contributed by atoms with Crippen molar-refractivity contribution < 1.29 is 34.8 Å². The van der Waals surface area contributed by atoms with Crippen LogP contribution in [0.25, 0.3) is 11.2 Å². The van der Waals surface area contributed by atoms with E-state index in [-0.39, 0.29) is 23.7 Å². The van der Waals surface area contributed by atoms with Crippen LogP contribution in [-0.2, 0) is 14.3 Å². The number of aliphatic hydroxyl groups is 3. The van der Waals surface area contributed by atoms with Crippen molar-refractivity contribution >= 4 is 41.2 Å². The zero-order valence-electron chi connectivity index (χ0n) is 18.1. The summed E-state index contributed by atoms with van der Waals surface area (Å²) in [4.78, 5) is 33.4. The first-order valence-electron chi connectivity index (χ1n) is 10.3. The van der Waals surface area contributed by atoms with Gasteiger partial charge in [0.15, 0.2) is 10.9 Å². The molecule has 1 aliphatic rings. The van der Waals surface area contributed by atoms with Crippen LogP contribution >= 0.6 is 12.2 Å². The summed E-state index contributed by atoms with van der Waals surface area (Å²) in [7, 11) is 0. The Balaban J connectivity index is 1.59. The fourth-order valence-corrected chi connectivity index (χ4v) is 3.41. The maximum absolute atomic E-state index is 11.6. The summed E-state index contributed by atoms with van der Waals surface area (Å²) in [6.07, 6.45) is -3.60. The summed E-state index contributed by atoms with van der Waals surface area (Å²) in [6.45, 7) is -0.362. The standard InChI is InChI=1S/C20H23N7O7S/c21-10(7-12(29)30)17(33)22-5-3-1-2-4-6-23-20-25-16-13(18(35)26-20)24-9-27(16)19-15(32)14(31)11(8-28)34-19/h9-11,14-15,19,28,31-32H,5-8,21H2,(H,22,33)(H,29,30)(H2,23,25,26,35)/t10?,11-,14?,15+,19-/m1/s1. The highest BCUT2D eigenvalue weighted by Gasteiger charge is 2.43. The summed E-state index contributed by atoms with van der Waals surface area (Å²) >= 11 is 5.27. The molecule has 3 heterocycles. The number of hydrogen-bond acceptors (Lipinski definition) is 11. The third-order valence-corrected chi connectivity index (χ3v) is 5.19. The third-order valence-electron chi connectivity index (χ3n) is 4.90. The zero-order valence-corrected chi connectivity index (χ0v) is 18.9. The quantitative estimate of drug-likeness (QED) is 0.137. The van der Waals surface area contributed by atoms with Crippen LogP contribution in [0.5, 0.6) is 0 Å². The molecule has 14 nitrogen and oxygen atoms in total. The number of aliphatic hydroxyl groups excluding tert-OH is 3. The van der Waals surface area contributed by atoms with Gasteiger partial charge in [0, 0.05) is 0 Å². The number of imidazole rings is 1. The molecular formula is C20H23N7O7S. The molecule has 2 aromatic rings. The lowest BCUT2D eigenvalue weighted by molar-refractivity contribution is -0.139. The van der Waals surface area contributed by atoms with E-state index in [0.717, 1.165) is 0 Å². The second kappa shape index (κ2) is 11.7. The number of carboxylic acid groups (broad SMARTS) is 1. The molecule has 0 radical (unpaired) electrons. The van der Waals surface area contributed by atoms with Gasteiger partial charge in [-0.25, -0.2) is 9.97 Å². The predicted molar refractivity (Wildman–Crippen MR) is 123 cm³/mol. The Morgan fingerprint density at radius 2 is 2.00 bits per heavy atom. The lowest BCUT2D eigenvalue weighted by atomic mass is 10.1. The SMILES string of the molecule is NC(CC(=O)O)C(=O)NCC#CC#CCNc1nc(=S)c2ncn([C@@H]3O[C@H](CO)C(O)[C@@H]3O)c2[nH]1. The number of nitrogens with one attached hydrogen (secondary N) is 3. The Bertz CT molecular complexity index is 1270. The molecule has 2 unspecified atom stereocenters. The molecule has 1 fully saturated rings. The fourth-order valence-electron chi connectivity index (χ4n) is 3.17. The van der Waals surface area contributed by atoms with E-state index in [0.29, 0.717) is 11.2 Å². The van der Waals surface area contributed by atoms with Crippen molar-refractivity contribution in [2.45, 2.75) is 37.0 Å². The highest BCUT2D eigenvalue weighted by Crippen LogP contribution is 2.31. The molecule has 1 saturated heterocycles. The average molecular weight is 506 g/mol. The number of aliphatic carboxylic acids is 1. The minimum atomic E-state index is -1.29. The van der Waals surface area contributed by atoms with E-state index in [9.17, 15) is 24.9 Å². The Morgan fingerprint density at radius 1 is 1.29 bits per heavy atom. The van der Waals surface area contributed by atoms with E-state index >= 15 is 0 Å². The van der Waals surface area contributed by atoms with E-state index in [2.05, 4.69) is 49.3 Å². The van der Waals surface area contributed by atoms with Crippen LogP contribution in [0.15, 0.2) is 6.33 Å². The summed E-state index contributed by atoms with van der Waals surface area (Å²) in [5, 5.41) is 43.5. The maximum Gasteiger partial charge on any atom is 0.305 e. The molecule has 0 bridgehead atoms. The number of carbonyl (C=O) groups excluding carboxylic acids is 1. The number of H-pyrrole nitrogens is 1. The number of carboxylic acids is 1. The maximum atomic E-state index is 11.6. The number of nitrogens with zero attached hydrogens (tertiary/aromatic N) is 3. The number of aromatic amines is 1. The molecule has 15 heteroatoms. The van der Waals surface area contributed by atoms with Crippen LogP contribution in [0.1, 0.15) is 12.6 Å². The normalized spacial score (nSPS) is 21.9. The van der Waals surface area contributed by atoms with Gasteiger partial charge in [-0.1, -0.05) is 24.1 Å². The summed E-state index contributed by atoms with van der Waals surface area (Å²) in [5.41, 5.74) is 6.16. The first-order valence-corrected chi connectivity index (χ1v) is 10.7. The molecule has 9 N–H and O–H groups in total. The molecule has 0 spiro atoms. The van der Waals surface area contributed by atoms with Gasteiger partial charge in [0.2, 0.25) is 11.9 Å². The van der Waals surface area contributed by atoms with Crippen molar-refractivity contribution in [3.05, 3.63) is 11.0 Å². The molecule has 0 aromatic carbocycles. The van der Waals surface area contributed by atoms with E-state index in [4.69, 9.17) is 27.8 Å². The molecule has 186 valence electrons. The molecule has 1 aliphatic heterocycles. The van der Waals surface area contributed by atoms with Gasteiger partial charge in [-0.3, -0.25) is 14.2 Å². The Kier molecular flexibility index (Phi) is 8.72. The lowest BCUT2D eigenvalue weighted by Gasteiger charge is -2.17. The Labute approximate surface area is 203 Å². The number of rotatable bonds is 8. The molecular weight excluding hydrogens is 482 g/mol. The molecule has 0 saturated carbocycles. The second-order valence-corrected chi connectivity index (χ2v) is 7.73.